The molecular weight excluding hydrogens is 488 g/mol. The van der Waals surface area contributed by atoms with Gasteiger partial charge in [-0.2, -0.15) is 0 Å². The first-order valence-corrected chi connectivity index (χ1v) is 13.2. The third kappa shape index (κ3) is 5.68. The molecule has 39 heavy (non-hydrogen) atoms. The van der Waals surface area contributed by atoms with Gasteiger partial charge in [0.2, 0.25) is 11.8 Å². The quantitative estimate of drug-likeness (QED) is 0.245. The topological polar surface area (TPSA) is 98.3 Å². The molecule has 5 rings (SSSR count). The first-order valence-electron chi connectivity index (χ1n) is 13.2. The van der Waals surface area contributed by atoms with Crippen molar-refractivity contribution < 1.29 is 14.7 Å². The molecule has 0 saturated heterocycles. The number of benzene rings is 4. The fraction of sp³-hybridized carbons (Fsp3) is 0.219. The van der Waals surface area contributed by atoms with Crippen molar-refractivity contribution in [2.24, 2.45) is 0 Å². The highest BCUT2D eigenvalue weighted by Gasteiger charge is 2.30. The van der Waals surface area contributed by atoms with Crippen molar-refractivity contribution in [1.82, 2.24) is 20.2 Å². The summed E-state index contributed by atoms with van der Waals surface area (Å²) in [5.41, 5.74) is 3.81. The maximum absolute atomic E-state index is 13.5. The van der Waals surface area contributed by atoms with E-state index >= 15 is 0 Å². The van der Waals surface area contributed by atoms with Crippen molar-refractivity contribution in [1.29, 1.82) is 0 Å². The summed E-state index contributed by atoms with van der Waals surface area (Å²) in [4.78, 5) is 35.6. The van der Waals surface area contributed by atoms with Gasteiger partial charge in [0.25, 0.3) is 0 Å². The third-order valence-electron chi connectivity index (χ3n) is 7.07. The number of aromatic amines is 1. The smallest absolute Gasteiger partial charge is 0.243 e. The molecule has 0 radical (unpaired) electrons. The van der Waals surface area contributed by atoms with E-state index in [2.05, 4.69) is 69.9 Å². The molecule has 1 heterocycles. The molecule has 7 nitrogen and oxygen atoms in total. The average molecular weight is 521 g/mol. The number of aliphatic hydroxyl groups is 1. The Bertz CT molecular complexity index is 1590. The van der Waals surface area contributed by atoms with Gasteiger partial charge in [-0.15, -0.1) is 0 Å². The number of imidazole rings is 1. The Hall–Kier alpha value is -4.49. The Labute approximate surface area is 227 Å². The summed E-state index contributed by atoms with van der Waals surface area (Å²) in [6.45, 7) is 1.99. The van der Waals surface area contributed by atoms with Crippen LogP contribution >= 0.6 is 0 Å². The number of nitrogens with one attached hydrogen (secondary N) is 2. The molecule has 0 fully saturated rings. The lowest BCUT2D eigenvalue weighted by Gasteiger charge is -2.32. The lowest BCUT2D eigenvalue weighted by atomic mass is 9.91. The predicted molar refractivity (Wildman–Crippen MR) is 154 cm³/mol. The van der Waals surface area contributed by atoms with Crippen LogP contribution in [0, 0.1) is 0 Å². The number of H-pyrrole nitrogens is 1. The van der Waals surface area contributed by atoms with Crippen LogP contribution in [0.2, 0.25) is 0 Å². The summed E-state index contributed by atoms with van der Waals surface area (Å²) in [5.74, 6) is -0.441. The number of hydrogen-bond donors (Lipinski definition) is 3. The van der Waals surface area contributed by atoms with Crippen LogP contribution in [0.5, 0.6) is 0 Å². The highest BCUT2D eigenvalue weighted by molar-refractivity contribution is 6.00. The number of nitrogens with zero attached hydrogens (tertiary/aromatic N) is 2. The van der Waals surface area contributed by atoms with E-state index in [-0.39, 0.29) is 44.4 Å². The molecule has 7 heteroatoms. The molecular formula is C32H32N4O3. The van der Waals surface area contributed by atoms with Gasteiger partial charge in [0.1, 0.15) is 6.04 Å². The zero-order valence-corrected chi connectivity index (χ0v) is 21.9. The largest absolute Gasteiger partial charge is 0.395 e. The Morgan fingerprint density at radius 3 is 2.38 bits per heavy atom. The third-order valence-corrected chi connectivity index (χ3v) is 7.07. The van der Waals surface area contributed by atoms with Crippen molar-refractivity contribution in [3.63, 3.8) is 0 Å². The molecule has 198 valence electrons. The number of carbonyl (C=O) groups is 2. The lowest BCUT2D eigenvalue weighted by molar-refractivity contribution is -0.141. The van der Waals surface area contributed by atoms with Crippen LogP contribution in [-0.4, -0.2) is 51.0 Å². The average Bonchev–Trinajstić information content (AvgIpc) is 3.50. The zero-order chi connectivity index (χ0) is 27.2. The number of carbonyl (C=O) groups excluding carboxylic acids is 2. The van der Waals surface area contributed by atoms with Crippen LogP contribution in [0.15, 0.2) is 91.4 Å². The van der Waals surface area contributed by atoms with E-state index in [1.54, 1.807) is 24.3 Å². The predicted octanol–water partition coefficient (Wildman–Crippen LogP) is 4.84. The minimum Gasteiger partial charge on any atom is -0.395 e. The molecule has 4 aromatic carbocycles. The van der Waals surface area contributed by atoms with Gasteiger partial charge in [-0.05, 0) is 50.4 Å². The summed E-state index contributed by atoms with van der Waals surface area (Å²) in [6.07, 6.45) is 3.76. The summed E-state index contributed by atoms with van der Waals surface area (Å²) < 4.78 is 0. The van der Waals surface area contributed by atoms with Crippen LogP contribution in [0.3, 0.4) is 0 Å². The standard InChI is InChI=1S/C32H32N4O3/c1-2-31(38)36(30(32(39)34-14-15-37)18-26-19-33-21-35-26)20-25-16-23-9-3-4-10-24(23)17-29(25)28-13-7-11-22-8-5-6-12-27(22)28/h3-13,16-17,19,21,30,37H,2,14-15,18,20H2,1H3,(H,33,35)(H,34,39)/t30-/m0/s1. The van der Waals surface area contributed by atoms with Crippen LogP contribution in [0.25, 0.3) is 32.7 Å². The highest BCUT2D eigenvalue weighted by atomic mass is 16.3. The van der Waals surface area contributed by atoms with Crippen LogP contribution < -0.4 is 5.32 Å². The van der Waals surface area contributed by atoms with Crippen molar-refractivity contribution in [3.8, 4) is 11.1 Å². The lowest BCUT2D eigenvalue weighted by Crippen LogP contribution is -2.50. The fourth-order valence-electron chi connectivity index (χ4n) is 5.13. The van der Waals surface area contributed by atoms with E-state index in [1.165, 1.54) is 0 Å². The molecule has 0 spiro atoms. The van der Waals surface area contributed by atoms with E-state index in [0.717, 1.165) is 43.9 Å². The maximum atomic E-state index is 13.5. The number of aromatic nitrogens is 2. The van der Waals surface area contributed by atoms with E-state index in [4.69, 9.17) is 0 Å². The Balaban J connectivity index is 1.64. The molecule has 0 unspecified atom stereocenters. The Morgan fingerprint density at radius 2 is 1.67 bits per heavy atom. The Kier molecular flexibility index (Phi) is 7.99. The number of hydrogen-bond acceptors (Lipinski definition) is 4. The van der Waals surface area contributed by atoms with Crippen LogP contribution in [-0.2, 0) is 22.6 Å². The maximum Gasteiger partial charge on any atom is 0.243 e. The number of amides is 2. The summed E-state index contributed by atoms with van der Waals surface area (Å²) in [5, 5.41) is 16.5. The molecule has 0 aliphatic rings. The van der Waals surface area contributed by atoms with E-state index in [0.29, 0.717) is 0 Å². The van der Waals surface area contributed by atoms with Crippen molar-refractivity contribution in [3.05, 3.63) is 103 Å². The number of rotatable bonds is 10. The summed E-state index contributed by atoms with van der Waals surface area (Å²) >= 11 is 0. The SMILES string of the molecule is CCC(=O)N(Cc1cc2ccccc2cc1-c1cccc2ccccc12)[C@@H](Cc1cnc[nH]1)C(=O)NCCO. The first kappa shape index (κ1) is 26.1. The monoisotopic (exact) mass is 520 g/mol. The normalized spacial score (nSPS) is 11.9. The molecule has 0 aliphatic heterocycles. The molecule has 2 amide bonds. The van der Waals surface area contributed by atoms with Gasteiger partial charge >= 0.3 is 0 Å². The van der Waals surface area contributed by atoms with Crippen LogP contribution in [0.1, 0.15) is 24.6 Å². The molecule has 5 aromatic rings. The highest BCUT2D eigenvalue weighted by Crippen LogP contribution is 2.35. The summed E-state index contributed by atoms with van der Waals surface area (Å²) in [7, 11) is 0. The van der Waals surface area contributed by atoms with Gasteiger partial charge in [0.05, 0.1) is 12.9 Å². The van der Waals surface area contributed by atoms with Gasteiger partial charge in [-0.3, -0.25) is 9.59 Å². The molecule has 0 bridgehead atoms. The van der Waals surface area contributed by atoms with E-state index in [1.807, 2.05) is 24.3 Å². The van der Waals surface area contributed by atoms with Crippen molar-refractivity contribution >= 4 is 33.4 Å². The molecule has 1 aromatic heterocycles. The van der Waals surface area contributed by atoms with Crippen molar-refractivity contribution in [2.75, 3.05) is 13.2 Å². The van der Waals surface area contributed by atoms with Gasteiger partial charge in [0, 0.05) is 37.8 Å². The van der Waals surface area contributed by atoms with Gasteiger partial charge < -0.3 is 20.3 Å². The minimum absolute atomic E-state index is 0.115. The first-order chi connectivity index (χ1) is 19.1. The minimum atomic E-state index is -0.781. The van der Waals surface area contributed by atoms with Crippen LogP contribution in [0.4, 0.5) is 0 Å². The second kappa shape index (κ2) is 11.9. The zero-order valence-electron chi connectivity index (χ0n) is 21.9. The van der Waals surface area contributed by atoms with Gasteiger partial charge in [-0.1, -0.05) is 73.7 Å². The van der Waals surface area contributed by atoms with Crippen molar-refractivity contribution in [2.45, 2.75) is 32.4 Å². The second-order valence-electron chi connectivity index (χ2n) is 9.57. The second-order valence-corrected chi connectivity index (χ2v) is 9.57. The molecule has 0 aliphatic carbocycles. The Morgan fingerprint density at radius 1 is 0.949 bits per heavy atom. The van der Waals surface area contributed by atoms with E-state index < -0.39 is 6.04 Å². The van der Waals surface area contributed by atoms with Gasteiger partial charge in [0.15, 0.2) is 0 Å². The summed E-state index contributed by atoms with van der Waals surface area (Å²) in [6, 6.07) is 26.2. The van der Waals surface area contributed by atoms with Gasteiger partial charge in [-0.25, -0.2) is 4.98 Å². The molecule has 0 saturated carbocycles. The number of aliphatic hydroxyl groups excluding tert-OH is 1. The van der Waals surface area contributed by atoms with E-state index in [9.17, 15) is 14.7 Å². The number of fused-ring (bicyclic) bond motifs is 2. The fourth-order valence-corrected chi connectivity index (χ4v) is 5.13. The molecule has 3 N–H and O–H groups in total. The molecule has 1 atom stereocenters.